The highest BCUT2D eigenvalue weighted by Gasteiger charge is 2.46. The molecule has 33 heavy (non-hydrogen) atoms. The Morgan fingerprint density at radius 2 is 0.939 bits per heavy atom. The number of rotatable bonds is 4. The van der Waals surface area contributed by atoms with E-state index in [1.54, 1.807) is 0 Å². The second kappa shape index (κ2) is 8.35. The number of halogens is 2. The summed E-state index contributed by atoms with van der Waals surface area (Å²) in [5, 5.41) is 1.64. The first-order valence-corrected chi connectivity index (χ1v) is 12.4. The molecule has 0 radical (unpaired) electrons. The van der Waals surface area contributed by atoms with Crippen molar-refractivity contribution in [1.29, 1.82) is 0 Å². The normalized spacial score (nSPS) is 13.9. The molecule has 1 aliphatic carbocycles. The van der Waals surface area contributed by atoms with Crippen LogP contribution in [-0.2, 0) is 5.41 Å². The molecule has 0 fully saturated rings. The maximum absolute atomic E-state index is 6.66. The molecule has 0 aliphatic heterocycles. The molecule has 0 saturated heterocycles. The molecule has 0 aromatic heterocycles. The van der Waals surface area contributed by atoms with Crippen LogP contribution in [0.2, 0.25) is 10.0 Å². The second-order valence-electron chi connectivity index (χ2n) is 9.62. The van der Waals surface area contributed by atoms with Gasteiger partial charge in [0, 0.05) is 10.0 Å². The fraction of sp³-hybridized carbons (Fsp3) is 0.226. The lowest BCUT2D eigenvalue weighted by Crippen LogP contribution is -2.29. The molecule has 0 atom stereocenters. The van der Waals surface area contributed by atoms with Crippen molar-refractivity contribution in [2.24, 2.45) is 0 Å². The van der Waals surface area contributed by atoms with E-state index in [1.165, 1.54) is 44.5 Å². The van der Waals surface area contributed by atoms with Gasteiger partial charge in [0.25, 0.3) is 0 Å². The Balaban J connectivity index is 1.94. The van der Waals surface area contributed by atoms with Gasteiger partial charge in [-0.05, 0) is 68.5 Å². The van der Waals surface area contributed by atoms with Gasteiger partial charge in [0.15, 0.2) is 0 Å². The molecule has 0 saturated carbocycles. The van der Waals surface area contributed by atoms with E-state index in [4.69, 9.17) is 23.2 Å². The lowest BCUT2D eigenvalue weighted by atomic mass is 9.67. The zero-order chi connectivity index (χ0) is 23.3. The number of benzene rings is 4. The van der Waals surface area contributed by atoms with Crippen LogP contribution in [0.15, 0.2) is 84.9 Å². The fourth-order valence-corrected chi connectivity index (χ4v) is 6.13. The van der Waals surface area contributed by atoms with Crippen molar-refractivity contribution in [3.8, 4) is 11.1 Å². The van der Waals surface area contributed by atoms with E-state index in [1.807, 2.05) is 0 Å². The van der Waals surface area contributed by atoms with Gasteiger partial charge in [0.1, 0.15) is 0 Å². The number of hydrogen-bond donors (Lipinski definition) is 0. The van der Waals surface area contributed by atoms with Crippen LogP contribution < -0.4 is 0 Å². The van der Waals surface area contributed by atoms with E-state index in [9.17, 15) is 0 Å². The van der Waals surface area contributed by atoms with Crippen LogP contribution in [0, 0.1) is 0 Å². The molecule has 0 bridgehead atoms. The maximum atomic E-state index is 6.66. The van der Waals surface area contributed by atoms with Crippen LogP contribution in [0.25, 0.3) is 11.1 Å². The zero-order valence-electron chi connectivity index (χ0n) is 19.5. The molecule has 0 heterocycles. The fourth-order valence-electron chi connectivity index (χ4n) is 5.46. The third-order valence-electron chi connectivity index (χ3n) is 7.05. The van der Waals surface area contributed by atoms with Gasteiger partial charge in [-0.2, -0.15) is 0 Å². The van der Waals surface area contributed by atoms with Crippen LogP contribution in [0.4, 0.5) is 0 Å². The van der Waals surface area contributed by atoms with Crippen molar-refractivity contribution < 1.29 is 0 Å². The van der Waals surface area contributed by atoms with Gasteiger partial charge in [-0.3, -0.25) is 0 Å². The third kappa shape index (κ3) is 3.35. The molecule has 4 aromatic carbocycles. The molecule has 1 aliphatic rings. The first kappa shape index (κ1) is 22.3. The molecule has 0 nitrogen and oxygen atoms in total. The van der Waals surface area contributed by atoms with Crippen molar-refractivity contribution in [1.82, 2.24) is 0 Å². The summed E-state index contributed by atoms with van der Waals surface area (Å²) in [5.74, 6) is 0.663. The summed E-state index contributed by atoms with van der Waals surface area (Å²) in [6, 6.07) is 30.8. The summed E-state index contributed by atoms with van der Waals surface area (Å²) in [6.45, 7) is 8.81. The van der Waals surface area contributed by atoms with E-state index >= 15 is 0 Å². The largest absolute Gasteiger partial charge is 0.0840 e. The average molecular weight is 471 g/mol. The third-order valence-corrected chi connectivity index (χ3v) is 7.74. The monoisotopic (exact) mass is 470 g/mol. The average Bonchev–Trinajstić information content (AvgIpc) is 3.11. The van der Waals surface area contributed by atoms with E-state index in [0.29, 0.717) is 11.8 Å². The van der Waals surface area contributed by atoms with Crippen LogP contribution in [0.3, 0.4) is 0 Å². The quantitative estimate of drug-likeness (QED) is 0.245. The van der Waals surface area contributed by atoms with Crippen molar-refractivity contribution in [3.05, 3.63) is 128 Å². The Hall–Kier alpha value is -2.54. The Morgan fingerprint density at radius 1 is 0.545 bits per heavy atom. The molecule has 0 N–H and O–H groups in total. The van der Waals surface area contributed by atoms with E-state index in [-0.39, 0.29) is 0 Å². The molecule has 2 heteroatoms. The van der Waals surface area contributed by atoms with Gasteiger partial charge in [-0.1, -0.05) is 124 Å². The van der Waals surface area contributed by atoms with Crippen molar-refractivity contribution in [2.75, 3.05) is 0 Å². The standard InChI is InChI=1S/C31H28Cl2/c1-19(2)25-17-21(13-15-29(25)32)31(22-14-16-30(33)26(18-22)20(3)4)27-11-7-5-9-23(27)24-10-6-8-12-28(24)31/h5-20H,1-4H3. The van der Waals surface area contributed by atoms with Crippen LogP contribution in [0.5, 0.6) is 0 Å². The van der Waals surface area contributed by atoms with Gasteiger partial charge in [0.2, 0.25) is 0 Å². The van der Waals surface area contributed by atoms with Crippen LogP contribution >= 0.6 is 23.2 Å². The predicted octanol–water partition coefficient (Wildman–Crippen LogP) is 9.60. The minimum Gasteiger partial charge on any atom is -0.0840 e. The van der Waals surface area contributed by atoms with Crippen LogP contribution in [-0.4, -0.2) is 0 Å². The summed E-state index contributed by atoms with van der Waals surface area (Å²) in [6.07, 6.45) is 0. The van der Waals surface area contributed by atoms with Gasteiger partial charge in [-0.15, -0.1) is 0 Å². The maximum Gasteiger partial charge on any atom is 0.0713 e. The highest BCUT2D eigenvalue weighted by molar-refractivity contribution is 6.31. The Bertz CT molecular complexity index is 1240. The molecule has 4 aromatic rings. The highest BCUT2D eigenvalue weighted by Crippen LogP contribution is 2.56. The van der Waals surface area contributed by atoms with E-state index in [0.717, 1.165) is 10.0 Å². The summed E-state index contributed by atoms with van der Waals surface area (Å²) < 4.78 is 0. The van der Waals surface area contributed by atoms with Gasteiger partial charge >= 0.3 is 0 Å². The molecule has 5 rings (SSSR count). The van der Waals surface area contributed by atoms with Crippen molar-refractivity contribution in [2.45, 2.75) is 44.9 Å². The number of hydrogen-bond acceptors (Lipinski definition) is 0. The molecule has 0 amide bonds. The molecule has 0 spiro atoms. The Kier molecular flexibility index (Phi) is 5.63. The minimum absolute atomic E-state index is 0.331. The summed E-state index contributed by atoms with van der Waals surface area (Å²) >= 11 is 13.3. The van der Waals surface area contributed by atoms with Gasteiger partial charge in [-0.25, -0.2) is 0 Å². The Labute approximate surface area is 207 Å². The lowest BCUT2D eigenvalue weighted by Gasteiger charge is -2.35. The first-order chi connectivity index (χ1) is 15.9. The van der Waals surface area contributed by atoms with E-state index < -0.39 is 5.41 Å². The van der Waals surface area contributed by atoms with Gasteiger partial charge in [0.05, 0.1) is 5.41 Å². The molecular formula is C31H28Cl2. The Morgan fingerprint density at radius 3 is 1.33 bits per heavy atom. The SMILES string of the molecule is CC(C)c1cc(C2(c3ccc(Cl)c(C(C)C)c3)c3ccccc3-c3ccccc32)ccc1Cl. The summed E-state index contributed by atoms with van der Waals surface area (Å²) in [4.78, 5) is 0. The molecular weight excluding hydrogens is 443 g/mol. The summed E-state index contributed by atoms with van der Waals surface area (Å²) in [7, 11) is 0. The highest BCUT2D eigenvalue weighted by atomic mass is 35.5. The minimum atomic E-state index is -0.435. The van der Waals surface area contributed by atoms with Crippen molar-refractivity contribution >= 4 is 23.2 Å². The van der Waals surface area contributed by atoms with Crippen LogP contribution in [0.1, 0.15) is 72.9 Å². The summed E-state index contributed by atoms with van der Waals surface area (Å²) in [5.41, 5.74) is 9.58. The topological polar surface area (TPSA) is 0 Å². The van der Waals surface area contributed by atoms with E-state index in [2.05, 4.69) is 113 Å². The second-order valence-corrected chi connectivity index (χ2v) is 10.4. The number of fused-ring (bicyclic) bond motifs is 3. The smallest absolute Gasteiger partial charge is 0.0713 e. The predicted molar refractivity (Wildman–Crippen MR) is 142 cm³/mol. The molecule has 166 valence electrons. The van der Waals surface area contributed by atoms with Gasteiger partial charge < -0.3 is 0 Å². The molecule has 0 unspecified atom stereocenters. The van der Waals surface area contributed by atoms with Crippen molar-refractivity contribution in [3.63, 3.8) is 0 Å². The first-order valence-electron chi connectivity index (χ1n) is 11.6. The zero-order valence-corrected chi connectivity index (χ0v) is 21.0. The lowest BCUT2D eigenvalue weighted by molar-refractivity contribution is 0.753.